The lowest BCUT2D eigenvalue weighted by molar-refractivity contribution is -0.139. The summed E-state index contributed by atoms with van der Waals surface area (Å²) in [6.45, 7) is 5.84. The zero-order chi connectivity index (χ0) is 27.7. The van der Waals surface area contributed by atoms with Crippen molar-refractivity contribution in [1.29, 1.82) is 0 Å². The van der Waals surface area contributed by atoms with Crippen LogP contribution in [0, 0.1) is 6.92 Å². The molecule has 1 N–H and O–H groups in total. The average Bonchev–Trinajstić information content (AvgIpc) is 2.91. The van der Waals surface area contributed by atoms with E-state index in [1.165, 1.54) is 29.2 Å². The van der Waals surface area contributed by atoms with Gasteiger partial charge in [0.15, 0.2) is 0 Å². The van der Waals surface area contributed by atoms with Crippen LogP contribution >= 0.6 is 11.6 Å². The van der Waals surface area contributed by atoms with Crippen molar-refractivity contribution in [2.45, 2.75) is 51.1 Å². The molecule has 202 valence electrons. The van der Waals surface area contributed by atoms with E-state index in [0.717, 1.165) is 28.3 Å². The van der Waals surface area contributed by atoms with Crippen LogP contribution in [0.2, 0.25) is 5.02 Å². The van der Waals surface area contributed by atoms with Crippen LogP contribution in [-0.4, -0.2) is 44.3 Å². The predicted octanol–water partition coefficient (Wildman–Crippen LogP) is 5.18. The normalized spacial score (nSPS) is 12.0. The molecule has 9 heteroatoms. The Bertz CT molecular complexity index is 1310. The first kappa shape index (κ1) is 29.2. The molecule has 3 aromatic carbocycles. The number of benzene rings is 3. The van der Waals surface area contributed by atoms with Crippen LogP contribution in [0.25, 0.3) is 0 Å². The Balaban J connectivity index is 1.96. The molecule has 38 heavy (non-hydrogen) atoms. The largest absolute Gasteiger partial charge is 0.354 e. The number of rotatable bonds is 12. The van der Waals surface area contributed by atoms with E-state index in [9.17, 15) is 18.0 Å². The fourth-order valence-electron chi connectivity index (χ4n) is 3.87. The molecule has 3 aromatic rings. The molecule has 1 atom stereocenters. The molecule has 0 saturated carbocycles. The van der Waals surface area contributed by atoms with Gasteiger partial charge in [-0.15, -0.1) is 0 Å². The Hall–Kier alpha value is -3.36. The summed E-state index contributed by atoms with van der Waals surface area (Å²) in [5.41, 5.74) is 2.25. The van der Waals surface area contributed by atoms with Crippen LogP contribution in [-0.2, 0) is 26.2 Å². The molecule has 0 radical (unpaired) electrons. The summed E-state index contributed by atoms with van der Waals surface area (Å²) in [4.78, 5) is 28.2. The minimum atomic E-state index is -4.11. The molecule has 0 heterocycles. The number of sulfonamides is 1. The van der Waals surface area contributed by atoms with Gasteiger partial charge in [0.1, 0.15) is 12.6 Å². The lowest BCUT2D eigenvalue weighted by Gasteiger charge is -2.32. The van der Waals surface area contributed by atoms with E-state index in [2.05, 4.69) is 5.32 Å². The lowest BCUT2D eigenvalue weighted by atomic mass is 10.1. The highest BCUT2D eigenvalue weighted by Crippen LogP contribution is 2.25. The van der Waals surface area contributed by atoms with Crippen molar-refractivity contribution in [3.63, 3.8) is 0 Å². The van der Waals surface area contributed by atoms with Crippen LogP contribution in [0.4, 0.5) is 5.69 Å². The number of unbranched alkanes of at least 4 members (excludes halogenated alkanes) is 1. The summed E-state index contributed by atoms with van der Waals surface area (Å²) in [5.74, 6) is -0.782. The second-order valence-corrected chi connectivity index (χ2v) is 11.4. The summed E-state index contributed by atoms with van der Waals surface area (Å²) < 4.78 is 28.5. The third kappa shape index (κ3) is 7.58. The number of nitrogens with one attached hydrogen (secondary N) is 1. The summed E-state index contributed by atoms with van der Waals surface area (Å²) in [6.07, 6.45) is 1.75. The minimum absolute atomic E-state index is 0.00833. The fourth-order valence-corrected chi connectivity index (χ4v) is 5.41. The Morgan fingerprint density at radius 3 is 2.18 bits per heavy atom. The minimum Gasteiger partial charge on any atom is -0.354 e. The van der Waals surface area contributed by atoms with Crippen molar-refractivity contribution in [1.82, 2.24) is 10.2 Å². The highest BCUT2D eigenvalue weighted by atomic mass is 35.5. The van der Waals surface area contributed by atoms with Crippen molar-refractivity contribution in [2.24, 2.45) is 0 Å². The molecule has 7 nitrogen and oxygen atoms in total. The number of nitrogens with zero attached hydrogens (tertiary/aromatic N) is 2. The van der Waals surface area contributed by atoms with Crippen LogP contribution < -0.4 is 9.62 Å². The molecule has 0 fully saturated rings. The third-order valence-electron chi connectivity index (χ3n) is 6.20. The Labute approximate surface area is 230 Å². The lowest BCUT2D eigenvalue weighted by Crippen LogP contribution is -2.51. The maximum atomic E-state index is 13.8. The number of carbonyl (C=O) groups is 2. The molecule has 0 unspecified atom stereocenters. The Morgan fingerprint density at radius 1 is 0.947 bits per heavy atom. The van der Waals surface area contributed by atoms with Gasteiger partial charge in [0.2, 0.25) is 11.8 Å². The standard InChI is InChI=1S/C29H34ClN3O4S/c1-4-5-19-31-29(35)23(3)32(20-24-13-11-22(2)12-14-24)28(34)21-33(26-9-7-6-8-10-26)38(36,37)27-17-15-25(30)16-18-27/h6-18,23H,4-5,19-21H2,1-3H3,(H,31,35)/t23-/m1/s1. The van der Waals surface area contributed by atoms with E-state index >= 15 is 0 Å². The predicted molar refractivity (Wildman–Crippen MR) is 152 cm³/mol. The van der Waals surface area contributed by atoms with Crippen molar-refractivity contribution in [3.8, 4) is 0 Å². The summed E-state index contributed by atoms with van der Waals surface area (Å²) in [5, 5.41) is 3.28. The van der Waals surface area contributed by atoms with Crippen LogP contribution in [0.5, 0.6) is 0 Å². The Morgan fingerprint density at radius 2 is 1.58 bits per heavy atom. The second kappa shape index (κ2) is 13.4. The van der Waals surface area contributed by atoms with Crippen molar-refractivity contribution in [3.05, 3.63) is 95.0 Å². The number of carbonyl (C=O) groups excluding carboxylic acids is 2. The van der Waals surface area contributed by atoms with Crippen molar-refractivity contribution >= 4 is 39.1 Å². The summed E-state index contributed by atoms with van der Waals surface area (Å²) >= 11 is 5.97. The van der Waals surface area contributed by atoms with Gasteiger partial charge in [-0.2, -0.15) is 0 Å². The summed E-state index contributed by atoms with van der Waals surface area (Å²) in [6, 6.07) is 21.1. The van der Waals surface area contributed by atoms with Crippen molar-refractivity contribution in [2.75, 3.05) is 17.4 Å². The number of para-hydroxylation sites is 1. The number of halogens is 1. The number of hydrogen-bond donors (Lipinski definition) is 1. The number of amides is 2. The number of aryl methyl sites for hydroxylation is 1. The highest BCUT2D eigenvalue weighted by molar-refractivity contribution is 7.92. The smallest absolute Gasteiger partial charge is 0.264 e. The topological polar surface area (TPSA) is 86.8 Å². The number of hydrogen-bond acceptors (Lipinski definition) is 4. The van der Waals surface area contributed by atoms with Gasteiger partial charge in [-0.05, 0) is 62.2 Å². The molecular formula is C29H34ClN3O4S. The van der Waals surface area contributed by atoms with Crippen LogP contribution in [0.3, 0.4) is 0 Å². The fraction of sp³-hybridized carbons (Fsp3) is 0.310. The summed E-state index contributed by atoms with van der Waals surface area (Å²) in [7, 11) is -4.11. The maximum Gasteiger partial charge on any atom is 0.264 e. The van der Waals surface area contributed by atoms with Gasteiger partial charge >= 0.3 is 0 Å². The van der Waals surface area contributed by atoms with E-state index in [4.69, 9.17) is 11.6 Å². The SMILES string of the molecule is CCCCNC(=O)[C@@H](C)N(Cc1ccc(C)cc1)C(=O)CN(c1ccccc1)S(=O)(=O)c1ccc(Cl)cc1. The molecule has 3 rings (SSSR count). The van der Waals surface area contributed by atoms with E-state index in [-0.39, 0.29) is 17.3 Å². The molecule has 2 amide bonds. The number of anilines is 1. The van der Waals surface area contributed by atoms with Gasteiger partial charge < -0.3 is 10.2 Å². The monoisotopic (exact) mass is 555 g/mol. The van der Waals surface area contributed by atoms with E-state index in [1.54, 1.807) is 37.3 Å². The molecular weight excluding hydrogens is 522 g/mol. The highest BCUT2D eigenvalue weighted by Gasteiger charge is 2.32. The van der Waals surface area contributed by atoms with Gasteiger partial charge in [0.25, 0.3) is 10.0 Å². The van der Waals surface area contributed by atoms with Crippen LogP contribution in [0.15, 0.2) is 83.8 Å². The zero-order valence-electron chi connectivity index (χ0n) is 21.9. The Kier molecular flexibility index (Phi) is 10.3. The third-order valence-corrected chi connectivity index (χ3v) is 8.24. The second-order valence-electron chi connectivity index (χ2n) is 9.13. The molecule has 0 spiro atoms. The van der Waals surface area contributed by atoms with E-state index in [0.29, 0.717) is 17.3 Å². The van der Waals surface area contributed by atoms with Crippen molar-refractivity contribution < 1.29 is 18.0 Å². The molecule has 0 aliphatic rings. The van der Waals surface area contributed by atoms with Gasteiger partial charge in [0, 0.05) is 18.1 Å². The van der Waals surface area contributed by atoms with Gasteiger partial charge in [-0.25, -0.2) is 8.42 Å². The first-order valence-electron chi connectivity index (χ1n) is 12.6. The molecule has 0 aromatic heterocycles. The maximum absolute atomic E-state index is 13.8. The van der Waals surface area contributed by atoms with E-state index < -0.39 is 28.5 Å². The first-order chi connectivity index (χ1) is 18.1. The molecule has 0 aliphatic heterocycles. The quantitative estimate of drug-likeness (QED) is 0.312. The molecule has 0 bridgehead atoms. The molecule has 0 aliphatic carbocycles. The zero-order valence-corrected chi connectivity index (χ0v) is 23.5. The van der Waals surface area contributed by atoms with Crippen LogP contribution in [0.1, 0.15) is 37.8 Å². The molecule has 0 saturated heterocycles. The van der Waals surface area contributed by atoms with Gasteiger partial charge in [0.05, 0.1) is 10.6 Å². The van der Waals surface area contributed by atoms with Gasteiger partial charge in [-0.3, -0.25) is 13.9 Å². The van der Waals surface area contributed by atoms with E-state index in [1.807, 2.05) is 38.1 Å². The first-order valence-corrected chi connectivity index (χ1v) is 14.4. The average molecular weight is 556 g/mol. The van der Waals surface area contributed by atoms with Gasteiger partial charge in [-0.1, -0.05) is 73.0 Å².